The molecule has 1 heterocycles. The van der Waals surface area contributed by atoms with Crippen molar-refractivity contribution < 1.29 is 23.0 Å². The number of carbonyl (C=O) groups excluding carboxylic acids is 1. The predicted octanol–water partition coefficient (Wildman–Crippen LogP) is 6.33. The molecule has 0 aliphatic carbocycles. The van der Waals surface area contributed by atoms with Crippen LogP contribution < -0.4 is 14.8 Å². The van der Waals surface area contributed by atoms with Crippen molar-refractivity contribution in [1.29, 1.82) is 0 Å². The number of nitrogens with one attached hydrogen (secondary N) is 1. The van der Waals surface area contributed by atoms with Crippen molar-refractivity contribution in [2.75, 3.05) is 12.4 Å². The average molecular weight is 479 g/mol. The number of anilines is 1. The van der Waals surface area contributed by atoms with Gasteiger partial charge in [-0.05, 0) is 59.7 Å². The molecule has 4 aromatic rings. The van der Waals surface area contributed by atoms with E-state index in [2.05, 4.69) is 10.3 Å². The van der Waals surface area contributed by atoms with Gasteiger partial charge in [0.1, 0.15) is 18.2 Å². The molecule has 1 amide bonds. The molecule has 8 heteroatoms. The summed E-state index contributed by atoms with van der Waals surface area (Å²) < 4.78 is 37.7. The van der Waals surface area contributed by atoms with Gasteiger partial charge in [0.15, 0.2) is 16.7 Å². The van der Waals surface area contributed by atoms with E-state index >= 15 is 0 Å². The second kappa shape index (κ2) is 10.7. The molecule has 0 bridgehead atoms. The third kappa shape index (κ3) is 6.05. The lowest BCUT2D eigenvalue weighted by atomic mass is 10.1. The molecule has 4 rings (SSSR count). The summed E-state index contributed by atoms with van der Waals surface area (Å²) in [6.07, 6.45) is 3.07. The predicted molar refractivity (Wildman–Crippen MR) is 129 cm³/mol. The van der Waals surface area contributed by atoms with Crippen LogP contribution in [0.3, 0.4) is 0 Å². The molecule has 0 atom stereocenters. The minimum atomic E-state index is -0.480. The molecule has 0 aliphatic rings. The lowest BCUT2D eigenvalue weighted by molar-refractivity contribution is -0.111. The average Bonchev–Trinajstić information content (AvgIpc) is 3.30. The van der Waals surface area contributed by atoms with Gasteiger partial charge in [0.05, 0.1) is 12.8 Å². The summed E-state index contributed by atoms with van der Waals surface area (Å²) in [6.45, 7) is 0.258. The maximum Gasteiger partial charge on any atom is 0.250 e. The summed E-state index contributed by atoms with van der Waals surface area (Å²) in [5, 5.41) is 4.85. The quantitative estimate of drug-likeness (QED) is 0.301. The Labute approximate surface area is 199 Å². The highest BCUT2D eigenvalue weighted by atomic mass is 32.1. The van der Waals surface area contributed by atoms with E-state index in [4.69, 9.17) is 9.47 Å². The zero-order valence-corrected chi connectivity index (χ0v) is 18.9. The maximum absolute atomic E-state index is 13.9. The van der Waals surface area contributed by atoms with E-state index < -0.39 is 5.82 Å². The topological polar surface area (TPSA) is 60.5 Å². The van der Waals surface area contributed by atoms with E-state index in [9.17, 15) is 13.6 Å². The fraction of sp³-hybridized carbons (Fsp3) is 0.0769. The molecular weight excluding hydrogens is 458 g/mol. The van der Waals surface area contributed by atoms with Crippen LogP contribution in [0, 0.1) is 11.6 Å². The number of aromatic nitrogens is 1. The lowest BCUT2D eigenvalue weighted by Gasteiger charge is -2.06. The SMILES string of the molecule is COc1ccc(-c2csc(NC(=O)/C=C\c3ccc(OCc4cccc(F)c4)cc3)n2)cc1F. The van der Waals surface area contributed by atoms with Gasteiger partial charge in [-0.1, -0.05) is 24.3 Å². The molecule has 0 unspecified atom stereocenters. The van der Waals surface area contributed by atoms with Gasteiger partial charge in [0, 0.05) is 17.0 Å². The second-order valence-corrected chi connectivity index (χ2v) is 8.06. The Morgan fingerprint density at radius 2 is 1.91 bits per heavy atom. The number of hydrogen-bond donors (Lipinski definition) is 1. The van der Waals surface area contributed by atoms with Gasteiger partial charge in [-0.2, -0.15) is 0 Å². The van der Waals surface area contributed by atoms with E-state index in [1.165, 1.54) is 48.8 Å². The fourth-order valence-corrected chi connectivity index (χ4v) is 3.80. The largest absolute Gasteiger partial charge is 0.494 e. The third-order valence-electron chi connectivity index (χ3n) is 4.78. The Morgan fingerprint density at radius 1 is 1.09 bits per heavy atom. The first-order chi connectivity index (χ1) is 16.5. The van der Waals surface area contributed by atoms with Crippen molar-refractivity contribution in [3.8, 4) is 22.8 Å². The molecule has 3 aromatic carbocycles. The number of nitrogens with zero attached hydrogens (tertiary/aromatic N) is 1. The molecule has 34 heavy (non-hydrogen) atoms. The number of rotatable bonds is 8. The van der Waals surface area contributed by atoms with Crippen LogP contribution in [-0.4, -0.2) is 18.0 Å². The van der Waals surface area contributed by atoms with Gasteiger partial charge in [-0.25, -0.2) is 13.8 Å². The highest BCUT2D eigenvalue weighted by Gasteiger charge is 2.10. The molecule has 1 aromatic heterocycles. The molecule has 1 N–H and O–H groups in total. The van der Waals surface area contributed by atoms with Crippen LogP contribution in [0.2, 0.25) is 0 Å². The van der Waals surface area contributed by atoms with Crippen molar-refractivity contribution in [2.45, 2.75) is 6.61 Å². The monoisotopic (exact) mass is 478 g/mol. The van der Waals surface area contributed by atoms with Crippen molar-refractivity contribution >= 4 is 28.5 Å². The first-order valence-corrected chi connectivity index (χ1v) is 11.1. The second-order valence-electron chi connectivity index (χ2n) is 7.20. The van der Waals surface area contributed by atoms with Crippen molar-refractivity contribution in [3.63, 3.8) is 0 Å². The number of thiazole rings is 1. The summed E-state index contributed by atoms with van der Waals surface area (Å²) in [5.41, 5.74) is 2.69. The van der Waals surface area contributed by atoms with Crippen LogP contribution in [0.15, 0.2) is 78.2 Å². The van der Waals surface area contributed by atoms with Crippen molar-refractivity contribution in [1.82, 2.24) is 4.98 Å². The summed E-state index contributed by atoms with van der Waals surface area (Å²) in [5.74, 6) is -0.330. The Morgan fingerprint density at radius 3 is 2.65 bits per heavy atom. The highest BCUT2D eigenvalue weighted by molar-refractivity contribution is 7.14. The van der Waals surface area contributed by atoms with Crippen LogP contribution in [0.25, 0.3) is 17.3 Å². The summed E-state index contributed by atoms with van der Waals surface area (Å²) in [7, 11) is 1.40. The third-order valence-corrected chi connectivity index (χ3v) is 5.54. The van der Waals surface area contributed by atoms with E-state index in [1.807, 2.05) is 12.1 Å². The Kier molecular flexibility index (Phi) is 7.29. The fourth-order valence-electron chi connectivity index (χ4n) is 3.08. The first-order valence-electron chi connectivity index (χ1n) is 10.3. The van der Waals surface area contributed by atoms with E-state index in [0.717, 1.165) is 11.1 Å². The van der Waals surface area contributed by atoms with E-state index in [-0.39, 0.29) is 24.1 Å². The van der Waals surface area contributed by atoms with E-state index in [0.29, 0.717) is 22.1 Å². The number of ether oxygens (including phenoxy) is 2. The molecule has 5 nitrogen and oxygen atoms in total. The Balaban J connectivity index is 1.31. The number of methoxy groups -OCH3 is 1. The molecule has 172 valence electrons. The van der Waals surface area contributed by atoms with Gasteiger partial charge < -0.3 is 9.47 Å². The van der Waals surface area contributed by atoms with Crippen LogP contribution in [0.1, 0.15) is 11.1 Å². The molecule has 0 radical (unpaired) electrons. The Hall–Kier alpha value is -4.04. The summed E-state index contributed by atoms with van der Waals surface area (Å²) in [4.78, 5) is 16.6. The maximum atomic E-state index is 13.9. The standard InChI is InChI=1S/C26H20F2N2O3S/c1-32-24-11-8-19(14-22(24)28)23-16-34-26(29-23)30-25(31)12-7-17-5-9-21(10-6-17)33-15-18-3-2-4-20(27)13-18/h2-14,16H,15H2,1H3,(H,29,30,31)/b12-7-. The smallest absolute Gasteiger partial charge is 0.250 e. The van der Waals surface area contributed by atoms with Gasteiger partial charge >= 0.3 is 0 Å². The minimum absolute atomic E-state index is 0.156. The zero-order valence-electron chi connectivity index (χ0n) is 18.1. The highest BCUT2D eigenvalue weighted by Crippen LogP contribution is 2.28. The van der Waals surface area contributed by atoms with Gasteiger partial charge in [0.25, 0.3) is 0 Å². The van der Waals surface area contributed by atoms with Crippen LogP contribution in [-0.2, 0) is 11.4 Å². The van der Waals surface area contributed by atoms with Crippen molar-refractivity contribution in [2.24, 2.45) is 0 Å². The normalized spacial score (nSPS) is 10.9. The minimum Gasteiger partial charge on any atom is -0.494 e. The van der Waals surface area contributed by atoms with Gasteiger partial charge in [-0.3, -0.25) is 10.1 Å². The molecule has 0 aliphatic heterocycles. The van der Waals surface area contributed by atoms with Crippen LogP contribution in [0.5, 0.6) is 11.5 Å². The number of benzene rings is 3. The molecule has 0 spiro atoms. The van der Waals surface area contributed by atoms with E-state index in [1.54, 1.807) is 41.8 Å². The number of amides is 1. The number of carbonyl (C=O) groups is 1. The zero-order chi connectivity index (χ0) is 23.9. The summed E-state index contributed by atoms with van der Waals surface area (Å²) in [6, 6.07) is 18.0. The first kappa shape index (κ1) is 23.1. The van der Waals surface area contributed by atoms with Crippen LogP contribution in [0.4, 0.5) is 13.9 Å². The molecule has 0 saturated carbocycles. The molecular formula is C26H20F2N2O3S. The number of hydrogen-bond acceptors (Lipinski definition) is 5. The van der Waals surface area contributed by atoms with Crippen molar-refractivity contribution in [3.05, 3.63) is 101 Å². The Bertz CT molecular complexity index is 1320. The van der Waals surface area contributed by atoms with Crippen LogP contribution >= 0.6 is 11.3 Å². The number of halogens is 2. The van der Waals surface area contributed by atoms with Gasteiger partial charge in [0.2, 0.25) is 5.91 Å². The summed E-state index contributed by atoms with van der Waals surface area (Å²) >= 11 is 1.25. The molecule has 0 saturated heterocycles. The lowest BCUT2D eigenvalue weighted by Crippen LogP contribution is -2.07. The van der Waals surface area contributed by atoms with Gasteiger partial charge in [-0.15, -0.1) is 11.3 Å². The molecule has 0 fully saturated rings.